The Morgan fingerprint density at radius 3 is 2.62 bits per heavy atom. The third-order valence-corrected chi connectivity index (χ3v) is 4.11. The van der Waals surface area contributed by atoms with E-state index in [4.69, 9.17) is 5.11 Å². The standard InChI is InChI=1S/C18H25N3O3/c1-13-17(14(2)21(20-13)10-8-18(23)24-3)12-19-16-6-4-15(5-7-16)9-11-22/h4-7,19,22H,8-12H2,1-3H3. The molecule has 0 amide bonds. The van der Waals surface area contributed by atoms with Crippen LogP contribution in [0.5, 0.6) is 0 Å². The van der Waals surface area contributed by atoms with E-state index in [0.29, 0.717) is 25.9 Å². The summed E-state index contributed by atoms with van der Waals surface area (Å²) in [7, 11) is 1.39. The molecule has 130 valence electrons. The van der Waals surface area contributed by atoms with Crippen LogP contribution >= 0.6 is 0 Å². The summed E-state index contributed by atoms with van der Waals surface area (Å²) in [5, 5.41) is 16.8. The second kappa shape index (κ2) is 8.49. The van der Waals surface area contributed by atoms with Crippen LogP contribution in [0.2, 0.25) is 0 Å². The Kier molecular flexibility index (Phi) is 6.37. The number of nitrogens with zero attached hydrogens (tertiary/aromatic N) is 2. The van der Waals surface area contributed by atoms with Gasteiger partial charge < -0.3 is 15.2 Å². The lowest BCUT2D eigenvalue weighted by Gasteiger charge is -2.08. The van der Waals surface area contributed by atoms with Crippen molar-refractivity contribution < 1.29 is 14.6 Å². The third kappa shape index (κ3) is 4.58. The van der Waals surface area contributed by atoms with Crippen LogP contribution in [0.25, 0.3) is 0 Å². The van der Waals surface area contributed by atoms with Gasteiger partial charge in [-0.15, -0.1) is 0 Å². The highest BCUT2D eigenvalue weighted by Crippen LogP contribution is 2.17. The van der Waals surface area contributed by atoms with Gasteiger partial charge in [-0.3, -0.25) is 9.48 Å². The number of aliphatic hydroxyl groups excluding tert-OH is 1. The average molecular weight is 331 g/mol. The number of aryl methyl sites for hydroxylation is 2. The maximum atomic E-state index is 11.3. The Bertz CT molecular complexity index is 678. The summed E-state index contributed by atoms with van der Waals surface area (Å²) in [6.07, 6.45) is 0.989. The fraction of sp³-hybridized carbons (Fsp3) is 0.444. The summed E-state index contributed by atoms with van der Waals surface area (Å²) in [6.45, 7) is 5.35. The van der Waals surface area contributed by atoms with Crippen LogP contribution in [-0.4, -0.2) is 34.6 Å². The minimum atomic E-state index is -0.231. The fourth-order valence-electron chi connectivity index (χ4n) is 2.62. The Morgan fingerprint density at radius 1 is 1.29 bits per heavy atom. The van der Waals surface area contributed by atoms with Crippen molar-refractivity contribution in [1.82, 2.24) is 9.78 Å². The number of aromatic nitrogens is 2. The Balaban J connectivity index is 1.99. The Morgan fingerprint density at radius 2 is 2.00 bits per heavy atom. The molecular weight excluding hydrogens is 306 g/mol. The van der Waals surface area contributed by atoms with E-state index in [2.05, 4.69) is 15.2 Å². The molecule has 0 atom stereocenters. The van der Waals surface area contributed by atoms with Gasteiger partial charge in [0, 0.05) is 30.1 Å². The third-order valence-electron chi connectivity index (χ3n) is 4.11. The lowest BCUT2D eigenvalue weighted by Crippen LogP contribution is -2.10. The maximum absolute atomic E-state index is 11.3. The van der Waals surface area contributed by atoms with Crippen molar-refractivity contribution in [1.29, 1.82) is 0 Å². The van der Waals surface area contributed by atoms with Gasteiger partial charge in [-0.2, -0.15) is 5.10 Å². The quantitative estimate of drug-likeness (QED) is 0.725. The molecule has 1 aromatic carbocycles. The SMILES string of the molecule is COC(=O)CCn1nc(C)c(CNc2ccc(CCO)cc2)c1C. The van der Waals surface area contributed by atoms with E-state index in [-0.39, 0.29) is 12.6 Å². The molecule has 0 saturated heterocycles. The molecule has 6 heteroatoms. The minimum Gasteiger partial charge on any atom is -0.469 e. The maximum Gasteiger partial charge on any atom is 0.307 e. The molecule has 1 aromatic heterocycles. The average Bonchev–Trinajstić information content (AvgIpc) is 2.86. The monoisotopic (exact) mass is 331 g/mol. The molecule has 0 saturated carbocycles. The number of rotatable bonds is 8. The van der Waals surface area contributed by atoms with Crippen molar-refractivity contribution in [2.24, 2.45) is 0 Å². The van der Waals surface area contributed by atoms with Gasteiger partial charge in [-0.05, 0) is 38.0 Å². The van der Waals surface area contributed by atoms with Gasteiger partial charge in [0.25, 0.3) is 0 Å². The molecule has 6 nitrogen and oxygen atoms in total. The highest BCUT2D eigenvalue weighted by Gasteiger charge is 2.12. The second-order valence-electron chi connectivity index (χ2n) is 5.72. The zero-order valence-electron chi connectivity index (χ0n) is 14.5. The number of anilines is 1. The van der Waals surface area contributed by atoms with E-state index in [1.165, 1.54) is 7.11 Å². The van der Waals surface area contributed by atoms with Crippen LogP contribution in [0.3, 0.4) is 0 Å². The molecule has 0 aliphatic carbocycles. The first kappa shape index (κ1) is 18.0. The van der Waals surface area contributed by atoms with Crippen LogP contribution in [0.15, 0.2) is 24.3 Å². The smallest absolute Gasteiger partial charge is 0.307 e. The van der Waals surface area contributed by atoms with Gasteiger partial charge in [-0.25, -0.2) is 0 Å². The van der Waals surface area contributed by atoms with E-state index in [0.717, 1.165) is 28.2 Å². The van der Waals surface area contributed by atoms with Gasteiger partial charge in [0.15, 0.2) is 0 Å². The van der Waals surface area contributed by atoms with E-state index < -0.39 is 0 Å². The topological polar surface area (TPSA) is 76.4 Å². The number of nitrogens with one attached hydrogen (secondary N) is 1. The molecule has 0 unspecified atom stereocenters. The number of hydrogen-bond acceptors (Lipinski definition) is 5. The van der Waals surface area contributed by atoms with Crippen molar-refractivity contribution in [3.8, 4) is 0 Å². The van der Waals surface area contributed by atoms with Crippen molar-refractivity contribution in [3.63, 3.8) is 0 Å². The zero-order valence-corrected chi connectivity index (χ0v) is 14.5. The molecule has 0 aliphatic rings. The van der Waals surface area contributed by atoms with Gasteiger partial charge in [-0.1, -0.05) is 12.1 Å². The summed E-state index contributed by atoms with van der Waals surface area (Å²) >= 11 is 0. The second-order valence-corrected chi connectivity index (χ2v) is 5.72. The number of carbonyl (C=O) groups is 1. The largest absolute Gasteiger partial charge is 0.469 e. The summed E-state index contributed by atoms with van der Waals surface area (Å²) < 4.78 is 6.53. The minimum absolute atomic E-state index is 0.163. The molecule has 0 bridgehead atoms. The molecule has 0 fully saturated rings. The lowest BCUT2D eigenvalue weighted by atomic mass is 10.1. The van der Waals surface area contributed by atoms with Crippen LogP contribution in [0.4, 0.5) is 5.69 Å². The number of ether oxygens (including phenoxy) is 1. The van der Waals surface area contributed by atoms with Crippen LogP contribution in [0, 0.1) is 13.8 Å². The van der Waals surface area contributed by atoms with Gasteiger partial charge in [0.05, 0.1) is 25.8 Å². The molecule has 1 heterocycles. The van der Waals surface area contributed by atoms with Crippen LogP contribution < -0.4 is 5.32 Å². The van der Waals surface area contributed by atoms with E-state index in [1.807, 2.05) is 42.8 Å². The number of methoxy groups -OCH3 is 1. The summed E-state index contributed by atoms with van der Waals surface area (Å²) in [5.74, 6) is -0.231. The van der Waals surface area contributed by atoms with Crippen molar-refractivity contribution in [3.05, 3.63) is 46.8 Å². The molecule has 24 heavy (non-hydrogen) atoms. The fourth-order valence-corrected chi connectivity index (χ4v) is 2.62. The van der Waals surface area contributed by atoms with Crippen molar-refractivity contribution >= 4 is 11.7 Å². The number of hydrogen-bond donors (Lipinski definition) is 2. The summed E-state index contributed by atoms with van der Waals surface area (Å²) in [5.41, 5.74) is 5.30. The Labute approximate surface area is 142 Å². The number of carbonyl (C=O) groups excluding carboxylic acids is 1. The predicted molar refractivity (Wildman–Crippen MR) is 92.9 cm³/mol. The first-order valence-electron chi connectivity index (χ1n) is 8.08. The predicted octanol–water partition coefficient (Wildman–Crippen LogP) is 2.21. The number of benzene rings is 1. The summed E-state index contributed by atoms with van der Waals surface area (Å²) in [6, 6.07) is 8.05. The van der Waals surface area contributed by atoms with E-state index in [9.17, 15) is 4.79 Å². The number of aliphatic hydroxyl groups is 1. The van der Waals surface area contributed by atoms with Crippen molar-refractivity contribution in [2.45, 2.75) is 39.8 Å². The first-order chi connectivity index (χ1) is 11.5. The highest BCUT2D eigenvalue weighted by molar-refractivity contribution is 5.69. The van der Waals surface area contributed by atoms with Crippen molar-refractivity contribution in [2.75, 3.05) is 19.0 Å². The molecule has 0 radical (unpaired) electrons. The number of esters is 1. The van der Waals surface area contributed by atoms with Crippen LogP contribution in [-0.2, 0) is 29.0 Å². The highest BCUT2D eigenvalue weighted by atomic mass is 16.5. The van der Waals surface area contributed by atoms with Gasteiger partial charge in [0.1, 0.15) is 0 Å². The van der Waals surface area contributed by atoms with Crippen LogP contribution in [0.1, 0.15) is 28.9 Å². The molecular formula is C18H25N3O3. The molecule has 2 aromatic rings. The molecule has 2 N–H and O–H groups in total. The normalized spacial score (nSPS) is 10.7. The summed E-state index contributed by atoms with van der Waals surface area (Å²) in [4.78, 5) is 11.3. The van der Waals surface area contributed by atoms with Gasteiger partial charge in [0.2, 0.25) is 0 Å². The zero-order chi connectivity index (χ0) is 17.5. The molecule has 0 aliphatic heterocycles. The van der Waals surface area contributed by atoms with E-state index >= 15 is 0 Å². The lowest BCUT2D eigenvalue weighted by molar-refractivity contribution is -0.140. The molecule has 2 rings (SSSR count). The van der Waals surface area contributed by atoms with Gasteiger partial charge >= 0.3 is 5.97 Å². The molecule has 0 spiro atoms. The first-order valence-corrected chi connectivity index (χ1v) is 8.08. The van der Waals surface area contributed by atoms with E-state index in [1.54, 1.807) is 0 Å². The Hall–Kier alpha value is -2.34.